The number of aromatic nitrogens is 2. The van der Waals surface area contributed by atoms with E-state index in [0.29, 0.717) is 17.8 Å². The molecule has 0 radical (unpaired) electrons. The third-order valence-corrected chi connectivity index (χ3v) is 4.04. The van der Waals surface area contributed by atoms with Gasteiger partial charge >= 0.3 is 0 Å². The summed E-state index contributed by atoms with van der Waals surface area (Å²) in [6.45, 7) is 10.8. The van der Waals surface area contributed by atoms with Crippen molar-refractivity contribution in [1.82, 2.24) is 9.97 Å². The van der Waals surface area contributed by atoms with Crippen LogP contribution in [0.4, 0.5) is 5.95 Å². The topological polar surface area (TPSA) is 50.2 Å². The van der Waals surface area contributed by atoms with E-state index < -0.39 is 0 Å². The molecule has 1 saturated carbocycles. The van der Waals surface area contributed by atoms with Gasteiger partial charge in [-0.2, -0.15) is 5.10 Å². The van der Waals surface area contributed by atoms with Crippen molar-refractivity contribution in [3.8, 4) is 0 Å². The Kier molecular flexibility index (Phi) is 4.73. The summed E-state index contributed by atoms with van der Waals surface area (Å²) in [5.41, 5.74) is 6.29. The second-order valence-corrected chi connectivity index (χ2v) is 6.43. The molecule has 20 heavy (non-hydrogen) atoms. The predicted molar refractivity (Wildman–Crippen MR) is 83.9 cm³/mol. The molecule has 0 unspecified atom stereocenters. The summed E-state index contributed by atoms with van der Waals surface area (Å²) in [7, 11) is 0. The SMILES string of the molecule is Cc1cc(C)nc(N/N=C2/C[C@@H](C)CC[C@H]2C(C)C)n1. The lowest BCUT2D eigenvalue weighted by molar-refractivity contribution is 0.364. The number of hydrazone groups is 1. The summed E-state index contributed by atoms with van der Waals surface area (Å²) in [5.74, 6) is 2.56. The minimum Gasteiger partial charge on any atom is -0.245 e. The fourth-order valence-electron chi connectivity index (χ4n) is 2.99. The van der Waals surface area contributed by atoms with Crippen LogP contribution in [0, 0.1) is 31.6 Å². The largest absolute Gasteiger partial charge is 0.245 e. The lowest BCUT2D eigenvalue weighted by Gasteiger charge is -2.30. The van der Waals surface area contributed by atoms with Crippen LogP contribution >= 0.6 is 0 Å². The molecule has 0 saturated heterocycles. The molecule has 1 aromatic rings. The van der Waals surface area contributed by atoms with Crippen molar-refractivity contribution in [2.24, 2.45) is 22.9 Å². The maximum atomic E-state index is 4.63. The van der Waals surface area contributed by atoms with Gasteiger partial charge in [-0.3, -0.25) is 0 Å². The number of nitrogens with one attached hydrogen (secondary N) is 1. The first kappa shape index (κ1) is 14.9. The zero-order valence-corrected chi connectivity index (χ0v) is 13.3. The van der Waals surface area contributed by atoms with Gasteiger partial charge in [0.15, 0.2) is 0 Å². The van der Waals surface area contributed by atoms with Crippen LogP contribution in [0.5, 0.6) is 0 Å². The van der Waals surface area contributed by atoms with Gasteiger partial charge in [-0.25, -0.2) is 15.4 Å². The van der Waals surface area contributed by atoms with Crippen LogP contribution in [0.2, 0.25) is 0 Å². The fraction of sp³-hybridized carbons (Fsp3) is 0.688. The summed E-state index contributed by atoms with van der Waals surface area (Å²) in [6, 6.07) is 1.97. The van der Waals surface area contributed by atoms with Crippen molar-refractivity contribution in [1.29, 1.82) is 0 Å². The van der Waals surface area contributed by atoms with Crippen LogP contribution in [0.3, 0.4) is 0 Å². The number of rotatable bonds is 3. The molecule has 1 aromatic heterocycles. The van der Waals surface area contributed by atoms with Crippen molar-refractivity contribution < 1.29 is 0 Å². The summed E-state index contributed by atoms with van der Waals surface area (Å²) < 4.78 is 0. The standard InChI is InChI=1S/C16H26N4/c1-10(2)14-7-6-11(3)8-15(14)19-20-16-17-12(4)9-13(5)18-16/h9-11,14H,6-8H2,1-5H3,(H,17,18,20)/b19-15-/t11-,14-/m0/s1. The molecule has 1 N–H and O–H groups in total. The van der Waals surface area contributed by atoms with Gasteiger partial charge in [-0.1, -0.05) is 20.8 Å². The Morgan fingerprint density at radius 1 is 1.20 bits per heavy atom. The molecule has 1 aliphatic rings. The Balaban J connectivity index is 2.14. The molecule has 2 rings (SSSR count). The molecule has 1 aliphatic carbocycles. The third-order valence-electron chi connectivity index (χ3n) is 4.04. The fourth-order valence-corrected chi connectivity index (χ4v) is 2.99. The highest BCUT2D eigenvalue weighted by Crippen LogP contribution is 2.31. The van der Waals surface area contributed by atoms with Crippen LogP contribution in [0.1, 0.15) is 51.4 Å². The van der Waals surface area contributed by atoms with Crippen LogP contribution in [-0.2, 0) is 0 Å². The van der Waals surface area contributed by atoms with E-state index >= 15 is 0 Å². The third kappa shape index (κ3) is 3.78. The molecule has 0 amide bonds. The Morgan fingerprint density at radius 2 is 1.85 bits per heavy atom. The second kappa shape index (κ2) is 6.33. The van der Waals surface area contributed by atoms with Crippen LogP contribution in [-0.4, -0.2) is 15.7 Å². The van der Waals surface area contributed by atoms with Crippen molar-refractivity contribution in [2.75, 3.05) is 5.43 Å². The number of hydrogen-bond acceptors (Lipinski definition) is 4. The van der Waals surface area contributed by atoms with Crippen LogP contribution in [0.25, 0.3) is 0 Å². The second-order valence-electron chi connectivity index (χ2n) is 6.43. The van der Waals surface area contributed by atoms with Gasteiger partial charge in [0.25, 0.3) is 0 Å². The van der Waals surface area contributed by atoms with Gasteiger partial charge in [0.05, 0.1) is 0 Å². The van der Waals surface area contributed by atoms with Gasteiger partial charge < -0.3 is 0 Å². The Bertz CT molecular complexity index is 473. The molecule has 4 nitrogen and oxygen atoms in total. The Labute approximate surface area is 122 Å². The van der Waals surface area contributed by atoms with Crippen molar-refractivity contribution in [2.45, 2.75) is 53.9 Å². The molecule has 0 bridgehead atoms. The summed E-state index contributed by atoms with van der Waals surface area (Å²) in [4.78, 5) is 8.76. The van der Waals surface area contributed by atoms with E-state index in [1.807, 2.05) is 19.9 Å². The lowest BCUT2D eigenvalue weighted by Crippen LogP contribution is -2.28. The quantitative estimate of drug-likeness (QED) is 0.849. The zero-order valence-electron chi connectivity index (χ0n) is 13.3. The molecule has 0 aromatic carbocycles. The first-order valence-corrected chi connectivity index (χ1v) is 7.60. The van der Waals surface area contributed by atoms with E-state index in [-0.39, 0.29) is 0 Å². The number of nitrogens with zero attached hydrogens (tertiary/aromatic N) is 3. The highest BCUT2D eigenvalue weighted by atomic mass is 15.4. The summed E-state index contributed by atoms with van der Waals surface area (Å²) in [5, 5.41) is 4.63. The van der Waals surface area contributed by atoms with Crippen molar-refractivity contribution in [3.05, 3.63) is 17.5 Å². The van der Waals surface area contributed by atoms with Gasteiger partial charge in [0.2, 0.25) is 5.95 Å². The van der Waals surface area contributed by atoms with Crippen LogP contribution < -0.4 is 5.43 Å². The molecule has 0 aliphatic heterocycles. The molecule has 110 valence electrons. The Hall–Kier alpha value is -1.45. The van der Waals surface area contributed by atoms with Crippen molar-refractivity contribution in [3.63, 3.8) is 0 Å². The number of aryl methyl sites for hydroxylation is 2. The average Bonchev–Trinajstić information content (AvgIpc) is 2.35. The molecule has 2 atom stereocenters. The first-order valence-electron chi connectivity index (χ1n) is 7.60. The summed E-state index contributed by atoms with van der Waals surface area (Å²) >= 11 is 0. The minimum absolute atomic E-state index is 0.588. The number of hydrogen-bond donors (Lipinski definition) is 1. The molecular formula is C16H26N4. The lowest BCUT2D eigenvalue weighted by atomic mass is 9.76. The molecular weight excluding hydrogens is 248 g/mol. The van der Waals surface area contributed by atoms with Gasteiger partial charge in [0, 0.05) is 23.0 Å². The molecule has 0 spiro atoms. The minimum atomic E-state index is 0.588. The normalized spacial score (nSPS) is 25.2. The van der Waals surface area contributed by atoms with Crippen molar-refractivity contribution >= 4 is 11.7 Å². The van der Waals surface area contributed by atoms with Gasteiger partial charge in [-0.15, -0.1) is 0 Å². The van der Waals surface area contributed by atoms with E-state index in [0.717, 1.165) is 23.7 Å². The molecule has 1 fully saturated rings. The molecule has 1 heterocycles. The monoisotopic (exact) mass is 274 g/mol. The van der Waals surface area contributed by atoms with E-state index in [4.69, 9.17) is 0 Å². The van der Waals surface area contributed by atoms with E-state index in [2.05, 4.69) is 41.3 Å². The van der Waals surface area contributed by atoms with E-state index in [9.17, 15) is 0 Å². The smallest absolute Gasteiger partial charge is 0.243 e. The predicted octanol–water partition coefficient (Wildman–Crippen LogP) is 3.95. The van der Waals surface area contributed by atoms with Crippen LogP contribution in [0.15, 0.2) is 11.2 Å². The average molecular weight is 274 g/mol. The number of anilines is 1. The molecule has 4 heteroatoms. The highest BCUT2D eigenvalue weighted by Gasteiger charge is 2.27. The van der Waals surface area contributed by atoms with Gasteiger partial charge in [-0.05, 0) is 51.0 Å². The zero-order chi connectivity index (χ0) is 14.7. The Morgan fingerprint density at radius 3 is 2.45 bits per heavy atom. The van der Waals surface area contributed by atoms with E-state index in [1.165, 1.54) is 18.6 Å². The van der Waals surface area contributed by atoms with E-state index in [1.54, 1.807) is 0 Å². The van der Waals surface area contributed by atoms with Gasteiger partial charge in [0.1, 0.15) is 0 Å². The maximum Gasteiger partial charge on any atom is 0.243 e. The first-order chi connectivity index (χ1) is 9.45. The maximum absolute atomic E-state index is 4.63. The summed E-state index contributed by atoms with van der Waals surface area (Å²) in [6.07, 6.45) is 3.63. The highest BCUT2D eigenvalue weighted by molar-refractivity contribution is 5.88.